The maximum atomic E-state index is 11.9. The fourth-order valence-corrected chi connectivity index (χ4v) is 2.76. The standard InChI is InChI=1S/C13H13BrN2O2/c1-8-15-11-3-2-10(5-12(11)18-8)16-7-9(6-14)4-13(16)17/h2-3,5,9H,4,6-7H2,1H3. The summed E-state index contributed by atoms with van der Waals surface area (Å²) in [5, 5.41) is 0.860. The molecule has 0 radical (unpaired) electrons. The molecule has 1 aromatic heterocycles. The van der Waals surface area contributed by atoms with Gasteiger partial charge in [0.1, 0.15) is 5.52 Å². The fraction of sp³-hybridized carbons (Fsp3) is 0.385. The number of hydrogen-bond acceptors (Lipinski definition) is 3. The van der Waals surface area contributed by atoms with E-state index in [1.54, 1.807) is 0 Å². The Bertz CT molecular complexity index is 608. The van der Waals surface area contributed by atoms with E-state index in [0.29, 0.717) is 18.2 Å². The molecule has 0 spiro atoms. The van der Waals surface area contributed by atoms with Gasteiger partial charge in [-0.15, -0.1) is 0 Å². The van der Waals surface area contributed by atoms with Gasteiger partial charge in [0, 0.05) is 37.0 Å². The van der Waals surface area contributed by atoms with Gasteiger partial charge in [0.25, 0.3) is 0 Å². The number of aromatic nitrogens is 1. The molecule has 1 atom stereocenters. The number of fused-ring (bicyclic) bond motifs is 1. The Balaban J connectivity index is 1.96. The first-order valence-corrected chi connectivity index (χ1v) is 7.03. The number of oxazole rings is 1. The van der Waals surface area contributed by atoms with Gasteiger partial charge in [0.2, 0.25) is 5.91 Å². The van der Waals surface area contributed by atoms with E-state index in [1.807, 2.05) is 30.0 Å². The average molecular weight is 309 g/mol. The van der Waals surface area contributed by atoms with Crippen molar-refractivity contribution in [3.8, 4) is 0 Å². The van der Waals surface area contributed by atoms with Crippen LogP contribution in [0.5, 0.6) is 0 Å². The number of carbonyl (C=O) groups excluding carboxylic acids is 1. The average Bonchev–Trinajstić information content (AvgIpc) is 2.89. The van der Waals surface area contributed by atoms with Gasteiger partial charge in [-0.3, -0.25) is 4.79 Å². The molecular formula is C13H13BrN2O2. The van der Waals surface area contributed by atoms with E-state index >= 15 is 0 Å². The van der Waals surface area contributed by atoms with Crippen molar-refractivity contribution in [3.05, 3.63) is 24.1 Å². The highest BCUT2D eigenvalue weighted by molar-refractivity contribution is 9.09. The molecule has 18 heavy (non-hydrogen) atoms. The van der Waals surface area contributed by atoms with Crippen LogP contribution in [0.3, 0.4) is 0 Å². The highest BCUT2D eigenvalue weighted by atomic mass is 79.9. The van der Waals surface area contributed by atoms with Crippen LogP contribution in [0, 0.1) is 12.8 Å². The molecule has 1 fully saturated rings. The Morgan fingerprint density at radius 1 is 1.56 bits per heavy atom. The van der Waals surface area contributed by atoms with E-state index in [0.717, 1.165) is 28.7 Å². The molecule has 5 heteroatoms. The maximum absolute atomic E-state index is 11.9. The van der Waals surface area contributed by atoms with Gasteiger partial charge in [-0.1, -0.05) is 15.9 Å². The third kappa shape index (κ3) is 1.92. The number of hydrogen-bond donors (Lipinski definition) is 0. The summed E-state index contributed by atoms with van der Waals surface area (Å²) in [4.78, 5) is 18.0. The molecule has 1 aliphatic heterocycles. The lowest BCUT2D eigenvalue weighted by atomic mass is 10.2. The highest BCUT2D eigenvalue weighted by Gasteiger charge is 2.30. The third-order valence-electron chi connectivity index (χ3n) is 3.21. The Labute approximate surface area is 113 Å². The summed E-state index contributed by atoms with van der Waals surface area (Å²) in [5.41, 5.74) is 2.46. The first-order chi connectivity index (χ1) is 8.67. The molecule has 94 valence electrons. The molecule has 1 aliphatic rings. The molecule has 0 N–H and O–H groups in total. The van der Waals surface area contributed by atoms with E-state index in [-0.39, 0.29) is 5.91 Å². The molecule has 1 amide bonds. The van der Waals surface area contributed by atoms with Crippen molar-refractivity contribution in [1.82, 2.24) is 4.98 Å². The van der Waals surface area contributed by atoms with Crippen molar-refractivity contribution in [2.45, 2.75) is 13.3 Å². The number of halogens is 1. The van der Waals surface area contributed by atoms with Crippen LogP contribution in [0.25, 0.3) is 11.1 Å². The fourth-order valence-electron chi connectivity index (χ4n) is 2.33. The minimum absolute atomic E-state index is 0.176. The quantitative estimate of drug-likeness (QED) is 0.801. The molecule has 2 heterocycles. The summed E-state index contributed by atoms with van der Waals surface area (Å²) in [6.07, 6.45) is 0.610. The summed E-state index contributed by atoms with van der Waals surface area (Å²) in [7, 11) is 0. The number of alkyl halides is 1. The number of nitrogens with zero attached hydrogens (tertiary/aromatic N) is 2. The van der Waals surface area contributed by atoms with Crippen LogP contribution >= 0.6 is 15.9 Å². The third-order valence-corrected chi connectivity index (χ3v) is 4.13. The van der Waals surface area contributed by atoms with Crippen LogP contribution in [-0.2, 0) is 4.79 Å². The van der Waals surface area contributed by atoms with Crippen LogP contribution in [-0.4, -0.2) is 22.8 Å². The summed E-state index contributed by atoms with van der Waals surface area (Å²) in [6, 6.07) is 5.72. The van der Waals surface area contributed by atoms with Gasteiger partial charge in [-0.05, 0) is 18.1 Å². The Morgan fingerprint density at radius 2 is 2.39 bits per heavy atom. The van der Waals surface area contributed by atoms with E-state index in [1.165, 1.54) is 0 Å². The van der Waals surface area contributed by atoms with E-state index in [4.69, 9.17) is 4.42 Å². The lowest BCUT2D eigenvalue weighted by Crippen LogP contribution is -2.24. The molecule has 0 bridgehead atoms. The molecular weight excluding hydrogens is 296 g/mol. The monoisotopic (exact) mass is 308 g/mol. The zero-order valence-corrected chi connectivity index (χ0v) is 11.6. The number of amides is 1. The topological polar surface area (TPSA) is 46.3 Å². The first-order valence-electron chi connectivity index (χ1n) is 5.91. The van der Waals surface area contributed by atoms with Gasteiger partial charge < -0.3 is 9.32 Å². The zero-order chi connectivity index (χ0) is 12.7. The van der Waals surface area contributed by atoms with Gasteiger partial charge in [0.15, 0.2) is 11.5 Å². The summed E-state index contributed by atoms with van der Waals surface area (Å²) in [6.45, 7) is 2.59. The van der Waals surface area contributed by atoms with Crippen molar-refractivity contribution in [1.29, 1.82) is 0 Å². The Morgan fingerprint density at radius 3 is 3.11 bits per heavy atom. The number of rotatable bonds is 2. The smallest absolute Gasteiger partial charge is 0.227 e. The van der Waals surface area contributed by atoms with E-state index in [2.05, 4.69) is 20.9 Å². The van der Waals surface area contributed by atoms with Gasteiger partial charge in [-0.2, -0.15) is 0 Å². The zero-order valence-electron chi connectivity index (χ0n) is 10.0. The predicted molar refractivity (Wildman–Crippen MR) is 73.0 cm³/mol. The number of benzene rings is 1. The minimum Gasteiger partial charge on any atom is -0.441 e. The molecule has 1 unspecified atom stereocenters. The van der Waals surface area contributed by atoms with Crippen molar-refractivity contribution in [2.75, 3.05) is 16.8 Å². The SMILES string of the molecule is Cc1nc2ccc(N3CC(CBr)CC3=O)cc2o1. The Kier molecular flexibility index (Phi) is 2.86. The van der Waals surface area contributed by atoms with Crippen LogP contribution < -0.4 is 4.90 Å². The first kappa shape index (κ1) is 11.7. The van der Waals surface area contributed by atoms with Crippen LogP contribution in [0.1, 0.15) is 12.3 Å². The van der Waals surface area contributed by atoms with Crippen LogP contribution in [0.2, 0.25) is 0 Å². The van der Waals surface area contributed by atoms with E-state index in [9.17, 15) is 4.79 Å². The van der Waals surface area contributed by atoms with Gasteiger partial charge in [0.05, 0.1) is 0 Å². The summed E-state index contributed by atoms with van der Waals surface area (Å²) < 4.78 is 5.50. The molecule has 4 nitrogen and oxygen atoms in total. The van der Waals surface area contributed by atoms with E-state index < -0.39 is 0 Å². The van der Waals surface area contributed by atoms with Crippen molar-refractivity contribution >= 4 is 38.6 Å². The molecule has 2 aromatic rings. The minimum atomic E-state index is 0.176. The highest BCUT2D eigenvalue weighted by Crippen LogP contribution is 2.28. The molecule has 1 saturated heterocycles. The van der Waals surface area contributed by atoms with Gasteiger partial charge >= 0.3 is 0 Å². The molecule has 0 aliphatic carbocycles. The summed E-state index contributed by atoms with van der Waals surface area (Å²) >= 11 is 3.44. The normalized spacial score (nSPS) is 20.0. The van der Waals surface area contributed by atoms with Gasteiger partial charge in [-0.25, -0.2) is 4.98 Å². The lowest BCUT2D eigenvalue weighted by Gasteiger charge is -2.15. The number of anilines is 1. The number of aryl methyl sites for hydroxylation is 1. The second-order valence-electron chi connectivity index (χ2n) is 4.61. The second kappa shape index (κ2) is 4.39. The van der Waals surface area contributed by atoms with Crippen molar-refractivity contribution in [2.24, 2.45) is 5.92 Å². The molecule has 1 aromatic carbocycles. The summed E-state index contributed by atoms with van der Waals surface area (Å²) in [5.74, 6) is 1.22. The molecule has 3 rings (SSSR count). The Hall–Kier alpha value is -1.36. The van der Waals surface area contributed by atoms with Crippen molar-refractivity contribution < 1.29 is 9.21 Å². The molecule has 0 saturated carbocycles. The van der Waals surface area contributed by atoms with Crippen molar-refractivity contribution in [3.63, 3.8) is 0 Å². The predicted octanol–water partition coefficient (Wildman–Crippen LogP) is 2.88. The number of carbonyl (C=O) groups is 1. The lowest BCUT2D eigenvalue weighted by molar-refractivity contribution is -0.117. The maximum Gasteiger partial charge on any atom is 0.227 e. The second-order valence-corrected chi connectivity index (χ2v) is 5.26. The van der Waals surface area contributed by atoms with Crippen LogP contribution in [0.15, 0.2) is 22.6 Å². The largest absolute Gasteiger partial charge is 0.441 e. The van der Waals surface area contributed by atoms with Crippen LogP contribution in [0.4, 0.5) is 5.69 Å².